The molecule has 158 valence electrons. The van der Waals surface area contributed by atoms with Crippen LogP contribution in [0.25, 0.3) is 11.8 Å². The third kappa shape index (κ3) is 4.50. The first-order chi connectivity index (χ1) is 15.1. The number of anilines is 2. The molecule has 3 heterocycles. The minimum Gasteiger partial charge on any atom is -0.378 e. The summed E-state index contributed by atoms with van der Waals surface area (Å²) < 4.78 is 7.44. The molecule has 1 aliphatic rings. The number of para-hydroxylation sites is 1. The number of aryl methyl sites for hydroxylation is 1. The predicted molar refractivity (Wildman–Crippen MR) is 120 cm³/mol. The van der Waals surface area contributed by atoms with E-state index in [1.165, 1.54) is 11.3 Å². The molecule has 8 nitrogen and oxygen atoms in total. The van der Waals surface area contributed by atoms with Crippen LogP contribution in [0.3, 0.4) is 0 Å². The van der Waals surface area contributed by atoms with Gasteiger partial charge in [-0.25, -0.2) is 0 Å². The molecule has 31 heavy (non-hydrogen) atoms. The monoisotopic (exact) mass is 434 g/mol. The van der Waals surface area contributed by atoms with Crippen LogP contribution in [0.2, 0.25) is 0 Å². The van der Waals surface area contributed by atoms with Gasteiger partial charge in [0.2, 0.25) is 10.3 Å². The van der Waals surface area contributed by atoms with Crippen molar-refractivity contribution in [2.45, 2.75) is 13.8 Å². The number of rotatable bonds is 5. The van der Waals surface area contributed by atoms with Crippen molar-refractivity contribution >= 4 is 33.6 Å². The van der Waals surface area contributed by atoms with Gasteiger partial charge >= 0.3 is 0 Å². The quantitative estimate of drug-likeness (QED) is 0.489. The molecule has 0 bridgehead atoms. The van der Waals surface area contributed by atoms with Crippen molar-refractivity contribution in [2.75, 3.05) is 36.5 Å². The van der Waals surface area contributed by atoms with E-state index >= 15 is 0 Å². The lowest BCUT2D eigenvalue weighted by Gasteiger charge is -2.25. The predicted octanol–water partition coefficient (Wildman–Crippen LogP) is 3.33. The lowest BCUT2D eigenvalue weighted by Crippen LogP contribution is -2.36. The Morgan fingerprint density at radius 3 is 2.68 bits per heavy atom. The number of morpholine rings is 1. The highest BCUT2D eigenvalue weighted by molar-refractivity contribution is 7.19. The molecule has 1 amide bonds. The second-order valence-electron chi connectivity index (χ2n) is 7.11. The second kappa shape index (κ2) is 9.12. The molecule has 2 aromatic heterocycles. The van der Waals surface area contributed by atoms with Gasteiger partial charge in [0.1, 0.15) is 11.6 Å². The van der Waals surface area contributed by atoms with E-state index in [1.54, 1.807) is 6.08 Å². The third-order valence-electron chi connectivity index (χ3n) is 5.07. The number of carbonyl (C=O) groups is 1. The molecular formula is C22H22N6O2S. The number of aromatic nitrogens is 3. The summed E-state index contributed by atoms with van der Waals surface area (Å²) in [4.78, 5) is 14.8. The number of nitrogens with zero attached hydrogens (tertiary/aromatic N) is 5. The van der Waals surface area contributed by atoms with Crippen molar-refractivity contribution in [3.63, 3.8) is 0 Å². The molecule has 1 aromatic carbocycles. The zero-order valence-electron chi connectivity index (χ0n) is 17.3. The van der Waals surface area contributed by atoms with Crippen LogP contribution in [0.5, 0.6) is 0 Å². The van der Waals surface area contributed by atoms with Crippen molar-refractivity contribution in [3.05, 3.63) is 58.9 Å². The lowest BCUT2D eigenvalue weighted by molar-refractivity contribution is -0.112. The summed E-state index contributed by atoms with van der Waals surface area (Å²) in [6, 6.07) is 13.9. The molecule has 1 fully saturated rings. The van der Waals surface area contributed by atoms with Gasteiger partial charge in [0, 0.05) is 30.2 Å². The topological polar surface area (TPSA) is 96.1 Å². The van der Waals surface area contributed by atoms with E-state index in [0.717, 1.165) is 40.9 Å². The standard InChI is InChI=1S/C22H22N6O2S/c1-15-12-17(16(2)28(15)19-6-4-3-5-7-19)13-18(14-23)20(29)24-21-25-26-22(31-21)27-8-10-30-11-9-27/h3-7,12-13H,8-11H2,1-2H3,(H,24,25,29)/b18-13-. The molecule has 0 radical (unpaired) electrons. The molecule has 4 rings (SSSR count). The van der Waals surface area contributed by atoms with Gasteiger partial charge in [-0.2, -0.15) is 5.26 Å². The molecule has 0 unspecified atom stereocenters. The van der Waals surface area contributed by atoms with Crippen LogP contribution in [-0.4, -0.2) is 47.0 Å². The molecule has 0 atom stereocenters. The number of hydrogen-bond donors (Lipinski definition) is 1. The maximum atomic E-state index is 12.7. The van der Waals surface area contributed by atoms with Gasteiger partial charge in [-0.05, 0) is 43.7 Å². The van der Waals surface area contributed by atoms with Gasteiger partial charge in [-0.15, -0.1) is 10.2 Å². The largest absolute Gasteiger partial charge is 0.378 e. The van der Waals surface area contributed by atoms with Crippen LogP contribution in [0.1, 0.15) is 17.0 Å². The number of hydrogen-bond acceptors (Lipinski definition) is 7. The summed E-state index contributed by atoms with van der Waals surface area (Å²) in [7, 11) is 0. The average molecular weight is 435 g/mol. The number of amides is 1. The molecule has 0 aliphatic carbocycles. The molecule has 1 aliphatic heterocycles. The van der Waals surface area contributed by atoms with Gasteiger partial charge in [0.15, 0.2) is 0 Å². The number of carbonyl (C=O) groups excluding carboxylic acids is 1. The Bertz CT molecular complexity index is 1150. The van der Waals surface area contributed by atoms with Crippen molar-refractivity contribution in [1.29, 1.82) is 5.26 Å². The SMILES string of the molecule is Cc1cc(/C=C(/C#N)C(=O)Nc2nnc(N3CCOCC3)s2)c(C)n1-c1ccccc1. The van der Waals surface area contributed by atoms with E-state index < -0.39 is 5.91 Å². The minimum absolute atomic E-state index is 0.0106. The lowest BCUT2D eigenvalue weighted by atomic mass is 10.1. The summed E-state index contributed by atoms with van der Waals surface area (Å²) in [6.07, 6.45) is 1.61. The fourth-order valence-electron chi connectivity index (χ4n) is 3.53. The Balaban J connectivity index is 1.53. The third-order valence-corrected chi connectivity index (χ3v) is 5.97. The van der Waals surface area contributed by atoms with E-state index in [0.29, 0.717) is 18.3 Å². The Morgan fingerprint density at radius 2 is 1.97 bits per heavy atom. The van der Waals surface area contributed by atoms with E-state index in [1.807, 2.05) is 56.3 Å². The van der Waals surface area contributed by atoms with Gasteiger partial charge in [0.05, 0.1) is 13.2 Å². The Morgan fingerprint density at radius 1 is 1.23 bits per heavy atom. The number of nitrogens with one attached hydrogen (secondary N) is 1. The fourth-order valence-corrected chi connectivity index (χ4v) is 4.32. The van der Waals surface area contributed by atoms with E-state index in [2.05, 4.69) is 25.0 Å². The van der Waals surface area contributed by atoms with Crippen LogP contribution in [0, 0.1) is 25.2 Å². The van der Waals surface area contributed by atoms with Gasteiger partial charge in [0.25, 0.3) is 5.91 Å². The molecule has 9 heteroatoms. The summed E-state index contributed by atoms with van der Waals surface area (Å²) in [5, 5.41) is 21.6. The van der Waals surface area contributed by atoms with Crippen LogP contribution >= 0.6 is 11.3 Å². The van der Waals surface area contributed by atoms with Gasteiger partial charge in [-0.3, -0.25) is 10.1 Å². The number of ether oxygens (including phenoxy) is 1. The highest BCUT2D eigenvalue weighted by Crippen LogP contribution is 2.26. The highest BCUT2D eigenvalue weighted by Gasteiger charge is 2.18. The first-order valence-corrected chi connectivity index (χ1v) is 10.7. The molecule has 1 saturated heterocycles. The normalized spacial score (nSPS) is 14.4. The molecule has 3 aromatic rings. The summed E-state index contributed by atoms with van der Waals surface area (Å²) in [5.41, 5.74) is 3.84. The first kappa shape index (κ1) is 20.8. The van der Waals surface area contributed by atoms with Gasteiger partial charge < -0.3 is 14.2 Å². The zero-order chi connectivity index (χ0) is 21.8. The molecule has 1 N–H and O–H groups in total. The number of nitriles is 1. The Kier molecular flexibility index (Phi) is 6.11. The smallest absolute Gasteiger partial charge is 0.268 e. The van der Waals surface area contributed by atoms with Crippen molar-refractivity contribution in [3.8, 4) is 11.8 Å². The summed E-state index contributed by atoms with van der Waals surface area (Å²) >= 11 is 1.28. The minimum atomic E-state index is -0.503. The highest BCUT2D eigenvalue weighted by atomic mass is 32.1. The molecule has 0 saturated carbocycles. The van der Waals surface area contributed by atoms with Crippen LogP contribution in [0.15, 0.2) is 42.0 Å². The van der Waals surface area contributed by atoms with Crippen molar-refractivity contribution in [1.82, 2.24) is 14.8 Å². The average Bonchev–Trinajstić information content (AvgIpc) is 3.37. The van der Waals surface area contributed by atoms with Crippen molar-refractivity contribution < 1.29 is 9.53 Å². The maximum absolute atomic E-state index is 12.7. The summed E-state index contributed by atoms with van der Waals surface area (Å²) in [6.45, 7) is 6.73. The molecule has 0 spiro atoms. The first-order valence-electron chi connectivity index (χ1n) is 9.90. The second-order valence-corrected chi connectivity index (χ2v) is 8.07. The zero-order valence-corrected chi connectivity index (χ0v) is 18.1. The van der Waals surface area contributed by atoms with E-state index in [9.17, 15) is 10.1 Å². The maximum Gasteiger partial charge on any atom is 0.268 e. The van der Waals surface area contributed by atoms with Crippen LogP contribution in [-0.2, 0) is 9.53 Å². The van der Waals surface area contributed by atoms with Crippen LogP contribution < -0.4 is 10.2 Å². The molecular weight excluding hydrogens is 412 g/mol. The van der Waals surface area contributed by atoms with E-state index in [4.69, 9.17) is 4.74 Å². The number of benzene rings is 1. The van der Waals surface area contributed by atoms with Crippen molar-refractivity contribution in [2.24, 2.45) is 0 Å². The van der Waals surface area contributed by atoms with E-state index in [-0.39, 0.29) is 5.57 Å². The Hall–Kier alpha value is -3.48. The van der Waals surface area contributed by atoms with Crippen LogP contribution in [0.4, 0.5) is 10.3 Å². The van der Waals surface area contributed by atoms with Gasteiger partial charge in [-0.1, -0.05) is 29.5 Å². The summed E-state index contributed by atoms with van der Waals surface area (Å²) in [5.74, 6) is -0.503. The fraction of sp³-hybridized carbons (Fsp3) is 0.273. The Labute approximate surface area is 184 Å².